The van der Waals surface area contributed by atoms with Crippen molar-refractivity contribution in [2.75, 3.05) is 53.0 Å². The number of nitrogens with two attached hydrogens (primary N) is 1. The van der Waals surface area contributed by atoms with E-state index >= 15 is 0 Å². The van der Waals surface area contributed by atoms with E-state index < -0.39 is 5.91 Å². The van der Waals surface area contributed by atoms with Crippen LogP contribution in [-0.2, 0) is 19.1 Å². The zero-order valence-electron chi connectivity index (χ0n) is 12.6. The molecule has 0 aromatic carbocycles. The van der Waals surface area contributed by atoms with Crippen LogP contribution in [0.2, 0.25) is 0 Å². The lowest BCUT2D eigenvalue weighted by Crippen LogP contribution is -2.51. The molecule has 21 heavy (non-hydrogen) atoms. The quantitative estimate of drug-likeness (QED) is 0.708. The van der Waals surface area contributed by atoms with Gasteiger partial charge in [-0.2, -0.15) is 0 Å². The second-order valence-corrected chi connectivity index (χ2v) is 5.85. The van der Waals surface area contributed by atoms with Crippen LogP contribution in [0.1, 0.15) is 12.8 Å². The Kier molecular flexibility index (Phi) is 5.96. The van der Waals surface area contributed by atoms with Gasteiger partial charge in [-0.05, 0) is 19.9 Å². The summed E-state index contributed by atoms with van der Waals surface area (Å²) in [7, 11) is 2.02. The molecule has 0 aliphatic carbocycles. The molecular formula is C14H25N3O4. The third kappa shape index (κ3) is 4.94. The van der Waals surface area contributed by atoms with Gasteiger partial charge >= 0.3 is 0 Å². The Balaban J connectivity index is 1.95. The van der Waals surface area contributed by atoms with Crippen LogP contribution in [0.15, 0.2) is 0 Å². The molecule has 2 unspecified atom stereocenters. The zero-order chi connectivity index (χ0) is 15.2. The van der Waals surface area contributed by atoms with Gasteiger partial charge in [-0.25, -0.2) is 0 Å². The summed E-state index contributed by atoms with van der Waals surface area (Å²) in [5.41, 5.74) is 5.28. The molecule has 7 heteroatoms. The van der Waals surface area contributed by atoms with Crippen molar-refractivity contribution in [3.63, 3.8) is 0 Å². The van der Waals surface area contributed by atoms with Crippen molar-refractivity contribution in [2.45, 2.75) is 18.9 Å². The number of rotatable bonds is 5. The highest BCUT2D eigenvalue weighted by atomic mass is 16.5. The third-order valence-electron chi connectivity index (χ3n) is 3.93. The smallest absolute Gasteiger partial charge is 0.237 e. The first-order valence-corrected chi connectivity index (χ1v) is 7.51. The van der Waals surface area contributed by atoms with Crippen LogP contribution in [0, 0.1) is 5.92 Å². The molecule has 2 aliphatic heterocycles. The average Bonchev–Trinajstić information content (AvgIpc) is 2.46. The molecule has 2 fully saturated rings. The Morgan fingerprint density at radius 1 is 1.38 bits per heavy atom. The van der Waals surface area contributed by atoms with Gasteiger partial charge in [-0.3, -0.25) is 9.59 Å². The average molecular weight is 299 g/mol. The molecule has 0 radical (unpaired) electrons. The number of morpholine rings is 1. The van der Waals surface area contributed by atoms with Crippen molar-refractivity contribution < 1.29 is 19.1 Å². The van der Waals surface area contributed by atoms with E-state index in [1.165, 1.54) is 4.90 Å². The number of hydrogen-bond donors (Lipinski definition) is 1. The summed E-state index contributed by atoms with van der Waals surface area (Å²) in [6, 6.07) is 0. The highest BCUT2D eigenvalue weighted by Gasteiger charge is 2.30. The first kappa shape index (κ1) is 16.2. The Morgan fingerprint density at radius 3 is 2.81 bits per heavy atom. The molecule has 2 aliphatic rings. The van der Waals surface area contributed by atoms with Crippen molar-refractivity contribution >= 4 is 11.8 Å². The fourth-order valence-electron chi connectivity index (χ4n) is 2.84. The van der Waals surface area contributed by atoms with Crippen molar-refractivity contribution in [3.05, 3.63) is 0 Å². The van der Waals surface area contributed by atoms with E-state index in [1.807, 2.05) is 7.05 Å². The van der Waals surface area contributed by atoms with Gasteiger partial charge in [-0.15, -0.1) is 0 Å². The Bertz CT molecular complexity index is 371. The van der Waals surface area contributed by atoms with Crippen molar-refractivity contribution in [2.24, 2.45) is 11.7 Å². The predicted molar refractivity (Wildman–Crippen MR) is 76.6 cm³/mol. The van der Waals surface area contributed by atoms with E-state index in [0.717, 1.165) is 25.9 Å². The minimum absolute atomic E-state index is 0.0506. The normalized spacial score (nSPS) is 27.3. The summed E-state index contributed by atoms with van der Waals surface area (Å²) >= 11 is 0. The van der Waals surface area contributed by atoms with Crippen LogP contribution in [0.3, 0.4) is 0 Å². The summed E-state index contributed by atoms with van der Waals surface area (Å²) in [5, 5.41) is 0. The maximum absolute atomic E-state index is 12.6. The maximum atomic E-state index is 12.6. The van der Waals surface area contributed by atoms with Gasteiger partial charge in [0.05, 0.1) is 31.8 Å². The summed E-state index contributed by atoms with van der Waals surface area (Å²) in [6.07, 6.45) is 1.61. The van der Waals surface area contributed by atoms with Crippen LogP contribution >= 0.6 is 0 Å². The van der Waals surface area contributed by atoms with Crippen LogP contribution in [0.5, 0.6) is 0 Å². The Hall–Kier alpha value is -1.18. The number of ether oxygens (including phenoxy) is 2. The molecule has 2 saturated heterocycles. The first-order chi connectivity index (χ1) is 10.1. The molecule has 0 aromatic heterocycles. The molecule has 2 amide bonds. The SMILES string of the molecule is CN1CCOC(CN(CC(N)=O)C(=O)C2CCCOC2)C1. The minimum Gasteiger partial charge on any atom is -0.381 e. The number of likely N-dealkylation sites (N-methyl/N-ethyl adjacent to an activating group) is 1. The number of carbonyl (C=O) groups excluding carboxylic acids is 2. The molecule has 0 spiro atoms. The van der Waals surface area contributed by atoms with E-state index in [-0.39, 0.29) is 24.5 Å². The van der Waals surface area contributed by atoms with E-state index in [1.54, 1.807) is 0 Å². The lowest BCUT2D eigenvalue weighted by molar-refractivity contribution is -0.145. The second kappa shape index (κ2) is 7.72. The molecule has 2 N–H and O–H groups in total. The molecule has 0 saturated carbocycles. The molecule has 0 bridgehead atoms. The van der Waals surface area contributed by atoms with Crippen molar-refractivity contribution in [3.8, 4) is 0 Å². The van der Waals surface area contributed by atoms with Gasteiger partial charge in [0, 0.05) is 26.2 Å². The van der Waals surface area contributed by atoms with Crippen LogP contribution in [0.25, 0.3) is 0 Å². The molecule has 2 heterocycles. The van der Waals surface area contributed by atoms with Crippen LogP contribution in [0.4, 0.5) is 0 Å². The predicted octanol–water partition coefficient (Wildman–Crippen LogP) is -0.942. The topological polar surface area (TPSA) is 85.1 Å². The van der Waals surface area contributed by atoms with Crippen molar-refractivity contribution in [1.82, 2.24) is 9.80 Å². The van der Waals surface area contributed by atoms with Crippen LogP contribution < -0.4 is 5.73 Å². The molecule has 2 rings (SSSR count). The van der Waals surface area contributed by atoms with Gasteiger partial charge in [0.1, 0.15) is 0 Å². The highest BCUT2D eigenvalue weighted by Crippen LogP contribution is 2.17. The van der Waals surface area contributed by atoms with E-state index in [2.05, 4.69) is 4.90 Å². The lowest BCUT2D eigenvalue weighted by Gasteiger charge is -2.35. The number of primary amides is 1. The van der Waals surface area contributed by atoms with Gasteiger partial charge < -0.3 is 25.0 Å². The lowest BCUT2D eigenvalue weighted by atomic mass is 10.0. The van der Waals surface area contributed by atoms with Gasteiger partial charge in [0.2, 0.25) is 11.8 Å². The van der Waals surface area contributed by atoms with E-state index in [9.17, 15) is 9.59 Å². The van der Waals surface area contributed by atoms with Gasteiger partial charge in [0.25, 0.3) is 0 Å². The number of carbonyl (C=O) groups is 2. The molecule has 2 atom stereocenters. The van der Waals surface area contributed by atoms with Crippen LogP contribution in [-0.4, -0.2) is 80.8 Å². The highest BCUT2D eigenvalue weighted by molar-refractivity contribution is 5.85. The van der Waals surface area contributed by atoms with Crippen molar-refractivity contribution in [1.29, 1.82) is 0 Å². The number of amides is 2. The first-order valence-electron chi connectivity index (χ1n) is 7.51. The summed E-state index contributed by atoms with van der Waals surface area (Å²) < 4.78 is 11.0. The number of nitrogens with zero attached hydrogens (tertiary/aromatic N) is 2. The standard InChI is InChI=1S/C14H25N3O4/c1-16-4-6-21-12(7-16)8-17(9-13(15)18)14(19)11-3-2-5-20-10-11/h11-12H,2-10H2,1H3,(H2,15,18). The second-order valence-electron chi connectivity index (χ2n) is 5.85. The largest absolute Gasteiger partial charge is 0.381 e. The van der Waals surface area contributed by atoms with E-state index in [0.29, 0.717) is 26.4 Å². The zero-order valence-corrected chi connectivity index (χ0v) is 12.6. The van der Waals surface area contributed by atoms with Gasteiger partial charge in [-0.1, -0.05) is 0 Å². The number of hydrogen-bond acceptors (Lipinski definition) is 5. The monoisotopic (exact) mass is 299 g/mol. The third-order valence-corrected chi connectivity index (χ3v) is 3.93. The Labute approximate surface area is 125 Å². The van der Waals surface area contributed by atoms with Gasteiger partial charge in [0.15, 0.2) is 0 Å². The fourth-order valence-corrected chi connectivity index (χ4v) is 2.84. The minimum atomic E-state index is -0.496. The summed E-state index contributed by atoms with van der Waals surface area (Å²) in [5.74, 6) is -0.714. The fraction of sp³-hybridized carbons (Fsp3) is 0.857. The summed E-state index contributed by atoms with van der Waals surface area (Å²) in [4.78, 5) is 27.5. The molecule has 7 nitrogen and oxygen atoms in total. The molecule has 120 valence electrons. The summed E-state index contributed by atoms with van der Waals surface area (Å²) in [6.45, 7) is 3.77. The molecule has 0 aromatic rings. The Morgan fingerprint density at radius 2 is 2.19 bits per heavy atom. The maximum Gasteiger partial charge on any atom is 0.237 e. The van der Waals surface area contributed by atoms with E-state index in [4.69, 9.17) is 15.2 Å². The molecular weight excluding hydrogens is 274 g/mol.